The second kappa shape index (κ2) is 9.62. The molecular weight excluding hydrogens is 436 g/mol. The van der Waals surface area contributed by atoms with E-state index in [0.717, 1.165) is 29.2 Å². The van der Waals surface area contributed by atoms with Crippen molar-refractivity contribution >= 4 is 29.0 Å². The summed E-state index contributed by atoms with van der Waals surface area (Å²) in [6, 6.07) is 15.2. The van der Waals surface area contributed by atoms with Crippen LogP contribution in [0.5, 0.6) is 5.75 Å². The minimum atomic E-state index is -0.0911. The molecular formula is C25H26N4O3S. The second-order valence-corrected chi connectivity index (χ2v) is 9.38. The van der Waals surface area contributed by atoms with Gasteiger partial charge in [0.25, 0.3) is 5.91 Å². The first-order valence-corrected chi connectivity index (χ1v) is 12.1. The Morgan fingerprint density at radius 2 is 1.79 bits per heavy atom. The molecule has 1 aromatic carbocycles. The molecule has 3 amide bonds. The minimum Gasteiger partial charge on any atom is -0.490 e. The van der Waals surface area contributed by atoms with E-state index in [9.17, 15) is 9.59 Å². The van der Waals surface area contributed by atoms with E-state index in [4.69, 9.17) is 4.74 Å². The molecule has 0 spiro atoms. The van der Waals surface area contributed by atoms with Crippen molar-refractivity contribution in [1.82, 2.24) is 14.8 Å². The van der Waals surface area contributed by atoms with Crippen LogP contribution in [-0.2, 0) is 0 Å². The molecule has 2 aromatic heterocycles. The maximum absolute atomic E-state index is 12.5. The standard InChI is InChI=1S/C25H26N4O3S/c30-24(23-4-2-14-33-23)28-12-9-22(10-13-28)32-21-7-5-20(6-8-21)27-25(31)29-16-19(17-29)18-3-1-11-26-15-18/h1-8,11,14-15,19,22H,9-10,12-13,16-17H2,(H,27,31). The van der Waals surface area contributed by atoms with Gasteiger partial charge in [0.05, 0.1) is 4.88 Å². The fourth-order valence-corrected chi connectivity index (χ4v) is 4.91. The number of hydrogen-bond acceptors (Lipinski definition) is 5. The monoisotopic (exact) mass is 462 g/mol. The van der Waals surface area contributed by atoms with Crippen molar-refractivity contribution in [3.63, 3.8) is 0 Å². The highest BCUT2D eigenvalue weighted by Crippen LogP contribution is 2.27. The number of thiophene rings is 1. The lowest BCUT2D eigenvalue weighted by Crippen LogP contribution is -2.50. The average molecular weight is 463 g/mol. The van der Waals surface area contributed by atoms with Gasteiger partial charge in [-0.3, -0.25) is 9.78 Å². The van der Waals surface area contributed by atoms with Crippen molar-refractivity contribution in [2.45, 2.75) is 24.9 Å². The van der Waals surface area contributed by atoms with E-state index >= 15 is 0 Å². The van der Waals surface area contributed by atoms with E-state index in [-0.39, 0.29) is 18.0 Å². The zero-order valence-electron chi connectivity index (χ0n) is 18.2. The molecule has 2 saturated heterocycles. The normalized spacial score (nSPS) is 16.8. The number of amides is 3. The average Bonchev–Trinajstić information content (AvgIpc) is 3.35. The third-order valence-electron chi connectivity index (χ3n) is 6.19. The second-order valence-electron chi connectivity index (χ2n) is 8.43. The fourth-order valence-electron chi connectivity index (χ4n) is 4.22. The first-order chi connectivity index (χ1) is 16.2. The lowest BCUT2D eigenvalue weighted by molar-refractivity contribution is 0.0600. The van der Waals surface area contributed by atoms with Crippen LogP contribution in [0.1, 0.15) is 34.0 Å². The molecule has 0 radical (unpaired) electrons. The van der Waals surface area contributed by atoms with Gasteiger partial charge in [0.1, 0.15) is 11.9 Å². The molecule has 7 nitrogen and oxygen atoms in total. The van der Waals surface area contributed by atoms with E-state index in [1.54, 1.807) is 11.1 Å². The number of carbonyl (C=O) groups excluding carboxylic acids is 2. The molecule has 0 bridgehead atoms. The van der Waals surface area contributed by atoms with Gasteiger partial charge >= 0.3 is 6.03 Å². The zero-order valence-corrected chi connectivity index (χ0v) is 19.0. The Balaban J connectivity index is 1.06. The van der Waals surface area contributed by atoms with Crippen molar-refractivity contribution in [2.24, 2.45) is 0 Å². The molecule has 3 aromatic rings. The first kappa shape index (κ1) is 21.5. The summed E-state index contributed by atoms with van der Waals surface area (Å²) in [6.07, 6.45) is 5.33. The summed E-state index contributed by atoms with van der Waals surface area (Å²) in [5.74, 6) is 1.24. The molecule has 2 aliphatic rings. The number of benzene rings is 1. The topological polar surface area (TPSA) is 74.8 Å². The van der Waals surface area contributed by atoms with Gasteiger partial charge in [0, 0.05) is 63.0 Å². The number of ether oxygens (including phenoxy) is 1. The van der Waals surface area contributed by atoms with Crippen molar-refractivity contribution in [3.8, 4) is 5.75 Å². The highest BCUT2D eigenvalue weighted by molar-refractivity contribution is 7.12. The Kier molecular flexibility index (Phi) is 6.26. The summed E-state index contributed by atoms with van der Waals surface area (Å²) in [6.45, 7) is 2.80. The molecule has 170 valence electrons. The fraction of sp³-hybridized carbons (Fsp3) is 0.320. The van der Waals surface area contributed by atoms with E-state index in [2.05, 4.69) is 16.4 Å². The third kappa shape index (κ3) is 5.01. The van der Waals surface area contributed by atoms with Crippen LogP contribution >= 0.6 is 11.3 Å². The summed E-state index contributed by atoms with van der Waals surface area (Å²) in [5, 5.41) is 4.88. The van der Waals surface area contributed by atoms with Gasteiger partial charge in [-0.05, 0) is 47.3 Å². The molecule has 0 saturated carbocycles. The van der Waals surface area contributed by atoms with Crippen LogP contribution in [0.4, 0.5) is 10.5 Å². The lowest BCUT2D eigenvalue weighted by atomic mass is 9.93. The largest absolute Gasteiger partial charge is 0.490 e. The number of carbonyl (C=O) groups is 2. The maximum atomic E-state index is 12.5. The van der Waals surface area contributed by atoms with E-state index in [1.807, 2.05) is 58.9 Å². The molecule has 4 heterocycles. The Hall–Kier alpha value is -3.39. The van der Waals surface area contributed by atoms with Crippen LogP contribution in [0, 0.1) is 0 Å². The third-order valence-corrected chi connectivity index (χ3v) is 7.05. The molecule has 0 unspecified atom stereocenters. The predicted octanol–water partition coefficient (Wildman–Crippen LogP) is 4.46. The SMILES string of the molecule is O=C(Nc1ccc(OC2CCN(C(=O)c3cccs3)CC2)cc1)N1CC(c2cccnc2)C1. The van der Waals surface area contributed by atoms with E-state index in [0.29, 0.717) is 32.1 Å². The Morgan fingerprint density at radius 3 is 2.45 bits per heavy atom. The van der Waals surface area contributed by atoms with Gasteiger partial charge in [-0.2, -0.15) is 0 Å². The van der Waals surface area contributed by atoms with Crippen LogP contribution in [0.3, 0.4) is 0 Å². The molecule has 0 atom stereocenters. The summed E-state index contributed by atoms with van der Waals surface area (Å²) in [5.41, 5.74) is 1.92. The summed E-state index contributed by atoms with van der Waals surface area (Å²) in [7, 11) is 0. The maximum Gasteiger partial charge on any atom is 0.321 e. The number of urea groups is 1. The highest BCUT2D eigenvalue weighted by atomic mass is 32.1. The predicted molar refractivity (Wildman–Crippen MR) is 128 cm³/mol. The highest BCUT2D eigenvalue weighted by Gasteiger charge is 2.32. The van der Waals surface area contributed by atoms with Crippen LogP contribution in [0.25, 0.3) is 0 Å². The quantitative estimate of drug-likeness (QED) is 0.608. The van der Waals surface area contributed by atoms with Gasteiger partial charge in [-0.15, -0.1) is 11.3 Å². The van der Waals surface area contributed by atoms with Crippen LogP contribution < -0.4 is 10.1 Å². The van der Waals surface area contributed by atoms with Crippen LogP contribution in [0.2, 0.25) is 0 Å². The van der Waals surface area contributed by atoms with E-state index < -0.39 is 0 Å². The number of pyridine rings is 1. The van der Waals surface area contributed by atoms with Crippen molar-refractivity contribution in [3.05, 3.63) is 76.7 Å². The van der Waals surface area contributed by atoms with E-state index in [1.165, 1.54) is 16.9 Å². The zero-order chi connectivity index (χ0) is 22.6. The number of likely N-dealkylation sites (tertiary alicyclic amines) is 2. The number of rotatable bonds is 5. The van der Waals surface area contributed by atoms with Crippen LogP contribution in [-0.4, -0.2) is 59.0 Å². The Bertz CT molecular complexity index is 1070. The summed E-state index contributed by atoms with van der Waals surface area (Å²) >= 11 is 1.48. The number of nitrogens with zero attached hydrogens (tertiary/aromatic N) is 3. The number of anilines is 1. The Labute approximate surface area is 197 Å². The van der Waals surface area contributed by atoms with Gasteiger partial charge in [-0.25, -0.2) is 4.79 Å². The van der Waals surface area contributed by atoms with Gasteiger partial charge in [0.2, 0.25) is 0 Å². The lowest BCUT2D eigenvalue weighted by Gasteiger charge is -2.39. The van der Waals surface area contributed by atoms with Gasteiger partial charge < -0.3 is 19.9 Å². The van der Waals surface area contributed by atoms with Gasteiger partial charge in [0.15, 0.2) is 0 Å². The Morgan fingerprint density at radius 1 is 1.00 bits per heavy atom. The minimum absolute atomic E-state index is 0.0864. The van der Waals surface area contributed by atoms with Gasteiger partial charge in [-0.1, -0.05) is 12.1 Å². The number of piperidine rings is 1. The van der Waals surface area contributed by atoms with Crippen molar-refractivity contribution < 1.29 is 14.3 Å². The van der Waals surface area contributed by atoms with Crippen molar-refractivity contribution in [1.29, 1.82) is 0 Å². The molecule has 33 heavy (non-hydrogen) atoms. The van der Waals surface area contributed by atoms with Crippen molar-refractivity contribution in [2.75, 3.05) is 31.5 Å². The number of hydrogen-bond donors (Lipinski definition) is 1. The smallest absolute Gasteiger partial charge is 0.321 e. The molecule has 2 aliphatic heterocycles. The summed E-state index contributed by atoms with van der Waals surface area (Å²) < 4.78 is 6.11. The molecule has 5 rings (SSSR count). The number of nitrogens with one attached hydrogen (secondary N) is 1. The van der Waals surface area contributed by atoms with Crippen LogP contribution in [0.15, 0.2) is 66.3 Å². The molecule has 8 heteroatoms. The molecule has 2 fully saturated rings. The summed E-state index contributed by atoms with van der Waals surface area (Å²) in [4.78, 5) is 33.6. The number of aromatic nitrogens is 1. The first-order valence-electron chi connectivity index (χ1n) is 11.2. The molecule has 1 N–H and O–H groups in total. The molecule has 0 aliphatic carbocycles.